The summed E-state index contributed by atoms with van der Waals surface area (Å²) < 4.78 is 0. The third-order valence-electron chi connectivity index (χ3n) is 4.67. The second kappa shape index (κ2) is 5.49. The highest BCUT2D eigenvalue weighted by Gasteiger charge is 2.34. The second-order valence-corrected chi connectivity index (χ2v) is 6.23. The van der Waals surface area contributed by atoms with Gasteiger partial charge in [-0.15, -0.1) is 0 Å². The maximum Gasteiger partial charge on any atom is 0.242 e. The summed E-state index contributed by atoms with van der Waals surface area (Å²) in [6.45, 7) is 0.739. The standard InChI is InChI=1S/C14H23N3O2/c18-13(17-12-2-1-5-15-14(12)19)8-9-6-10-3-4-11(7-9)16-10/h9-12,16H,1-8H2,(H,15,19)(H,17,18). The van der Waals surface area contributed by atoms with Gasteiger partial charge in [0.25, 0.3) is 0 Å². The van der Waals surface area contributed by atoms with Gasteiger partial charge < -0.3 is 16.0 Å². The van der Waals surface area contributed by atoms with E-state index in [0.29, 0.717) is 24.4 Å². The van der Waals surface area contributed by atoms with Crippen molar-refractivity contribution in [3.05, 3.63) is 0 Å². The highest BCUT2D eigenvalue weighted by Crippen LogP contribution is 2.32. The van der Waals surface area contributed by atoms with Crippen LogP contribution in [0.1, 0.15) is 44.9 Å². The van der Waals surface area contributed by atoms with Gasteiger partial charge in [-0.25, -0.2) is 0 Å². The predicted octanol–water partition coefficient (Wildman–Crippen LogP) is 0.302. The molecular weight excluding hydrogens is 242 g/mol. The van der Waals surface area contributed by atoms with Crippen LogP contribution in [0.4, 0.5) is 0 Å². The molecule has 19 heavy (non-hydrogen) atoms. The van der Waals surface area contributed by atoms with Gasteiger partial charge in [0, 0.05) is 25.0 Å². The molecule has 3 aliphatic rings. The number of nitrogens with one attached hydrogen (secondary N) is 3. The minimum Gasteiger partial charge on any atom is -0.354 e. The van der Waals surface area contributed by atoms with E-state index in [0.717, 1.165) is 32.2 Å². The average Bonchev–Trinajstić information content (AvgIpc) is 2.72. The van der Waals surface area contributed by atoms with Crippen molar-refractivity contribution in [3.63, 3.8) is 0 Å². The van der Waals surface area contributed by atoms with Crippen molar-refractivity contribution in [1.29, 1.82) is 0 Å². The molecule has 3 N–H and O–H groups in total. The molecule has 0 spiro atoms. The molecule has 0 aliphatic carbocycles. The van der Waals surface area contributed by atoms with Crippen LogP contribution in [0.15, 0.2) is 0 Å². The molecule has 3 saturated heterocycles. The van der Waals surface area contributed by atoms with E-state index < -0.39 is 0 Å². The van der Waals surface area contributed by atoms with Crippen molar-refractivity contribution in [1.82, 2.24) is 16.0 Å². The number of amides is 2. The van der Waals surface area contributed by atoms with Crippen molar-refractivity contribution >= 4 is 11.8 Å². The van der Waals surface area contributed by atoms with Crippen LogP contribution in [0.3, 0.4) is 0 Å². The lowest BCUT2D eigenvalue weighted by atomic mass is 9.89. The van der Waals surface area contributed by atoms with Gasteiger partial charge in [0.15, 0.2) is 0 Å². The minimum absolute atomic E-state index is 0.0232. The van der Waals surface area contributed by atoms with Crippen LogP contribution in [0.2, 0.25) is 0 Å². The third kappa shape index (κ3) is 3.08. The molecule has 3 unspecified atom stereocenters. The van der Waals surface area contributed by atoms with E-state index in [9.17, 15) is 9.59 Å². The molecule has 106 valence electrons. The summed E-state index contributed by atoms with van der Waals surface area (Å²) >= 11 is 0. The maximum absolute atomic E-state index is 12.0. The summed E-state index contributed by atoms with van der Waals surface area (Å²) in [7, 11) is 0. The molecule has 3 fully saturated rings. The number of piperidine rings is 2. The number of carbonyl (C=O) groups excluding carboxylic acids is 2. The van der Waals surface area contributed by atoms with Crippen molar-refractivity contribution in [2.24, 2.45) is 5.92 Å². The highest BCUT2D eigenvalue weighted by molar-refractivity contribution is 5.88. The van der Waals surface area contributed by atoms with Crippen LogP contribution in [0.5, 0.6) is 0 Å². The van der Waals surface area contributed by atoms with Gasteiger partial charge in [-0.3, -0.25) is 9.59 Å². The van der Waals surface area contributed by atoms with Gasteiger partial charge >= 0.3 is 0 Å². The van der Waals surface area contributed by atoms with Gasteiger partial charge in [0.05, 0.1) is 0 Å². The molecule has 0 saturated carbocycles. The van der Waals surface area contributed by atoms with E-state index in [1.54, 1.807) is 0 Å². The summed E-state index contributed by atoms with van der Waals surface area (Å²) in [5.41, 5.74) is 0. The monoisotopic (exact) mass is 265 g/mol. The van der Waals surface area contributed by atoms with Crippen LogP contribution >= 0.6 is 0 Å². The summed E-state index contributed by atoms with van der Waals surface area (Å²) in [5.74, 6) is 0.517. The van der Waals surface area contributed by atoms with Crippen molar-refractivity contribution in [2.45, 2.75) is 63.1 Å². The molecule has 3 rings (SSSR count). The molecule has 2 bridgehead atoms. The van der Waals surface area contributed by atoms with Crippen molar-refractivity contribution < 1.29 is 9.59 Å². The van der Waals surface area contributed by atoms with E-state index in [4.69, 9.17) is 0 Å². The first-order valence-electron chi connectivity index (χ1n) is 7.54. The fourth-order valence-corrected chi connectivity index (χ4v) is 3.77. The molecule has 5 heteroatoms. The Morgan fingerprint density at radius 1 is 1.21 bits per heavy atom. The van der Waals surface area contributed by atoms with Gasteiger partial charge in [-0.2, -0.15) is 0 Å². The van der Waals surface area contributed by atoms with Gasteiger partial charge in [-0.1, -0.05) is 0 Å². The molecule has 3 atom stereocenters. The topological polar surface area (TPSA) is 70.2 Å². The van der Waals surface area contributed by atoms with E-state index in [1.807, 2.05) is 0 Å². The minimum atomic E-state index is -0.306. The van der Waals surface area contributed by atoms with Crippen molar-refractivity contribution in [2.75, 3.05) is 6.54 Å². The number of hydrogen-bond donors (Lipinski definition) is 3. The first-order valence-corrected chi connectivity index (χ1v) is 7.54. The largest absolute Gasteiger partial charge is 0.354 e. The first kappa shape index (κ1) is 12.9. The lowest BCUT2D eigenvalue weighted by molar-refractivity contribution is -0.130. The maximum atomic E-state index is 12.0. The Bertz CT molecular complexity index is 360. The number of carbonyl (C=O) groups is 2. The Morgan fingerprint density at radius 2 is 1.95 bits per heavy atom. The second-order valence-electron chi connectivity index (χ2n) is 6.23. The predicted molar refractivity (Wildman–Crippen MR) is 71.5 cm³/mol. The van der Waals surface area contributed by atoms with Crippen LogP contribution in [-0.2, 0) is 9.59 Å². The Balaban J connectivity index is 1.47. The molecular formula is C14H23N3O2. The molecule has 0 radical (unpaired) electrons. The van der Waals surface area contributed by atoms with Crippen LogP contribution in [0, 0.1) is 5.92 Å². The molecule has 2 amide bonds. The highest BCUT2D eigenvalue weighted by atomic mass is 16.2. The average molecular weight is 265 g/mol. The van der Waals surface area contributed by atoms with E-state index in [-0.39, 0.29) is 17.9 Å². The van der Waals surface area contributed by atoms with E-state index >= 15 is 0 Å². The summed E-state index contributed by atoms with van der Waals surface area (Å²) in [6.07, 6.45) is 7.05. The fraction of sp³-hybridized carbons (Fsp3) is 0.857. The van der Waals surface area contributed by atoms with Gasteiger partial charge in [0.2, 0.25) is 11.8 Å². The Kier molecular flexibility index (Phi) is 3.73. The lowest BCUT2D eigenvalue weighted by Gasteiger charge is -2.29. The number of hydrogen-bond acceptors (Lipinski definition) is 3. The Hall–Kier alpha value is -1.10. The normalized spacial score (nSPS) is 37.8. The fourth-order valence-electron chi connectivity index (χ4n) is 3.77. The summed E-state index contributed by atoms with van der Waals surface area (Å²) in [5, 5.41) is 9.28. The SMILES string of the molecule is O=C(CC1CC2CCC(C1)N2)NC1CCCNC1=O. The molecule has 0 aromatic carbocycles. The summed E-state index contributed by atoms with van der Waals surface area (Å²) in [6, 6.07) is 0.934. The molecule has 3 heterocycles. The number of rotatable bonds is 3. The molecule has 0 aromatic heterocycles. The van der Waals surface area contributed by atoms with Crippen LogP contribution in [0.25, 0.3) is 0 Å². The third-order valence-corrected chi connectivity index (χ3v) is 4.67. The number of fused-ring (bicyclic) bond motifs is 2. The molecule has 3 aliphatic heterocycles. The van der Waals surface area contributed by atoms with E-state index in [2.05, 4.69) is 16.0 Å². The van der Waals surface area contributed by atoms with Crippen molar-refractivity contribution in [3.8, 4) is 0 Å². The van der Waals surface area contributed by atoms with Crippen LogP contribution in [-0.4, -0.2) is 36.5 Å². The zero-order valence-electron chi connectivity index (χ0n) is 11.3. The molecule has 0 aromatic rings. The lowest BCUT2D eigenvalue weighted by Crippen LogP contribution is -2.50. The zero-order valence-corrected chi connectivity index (χ0v) is 11.3. The zero-order chi connectivity index (χ0) is 13.2. The first-order chi connectivity index (χ1) is 9.20. The smallest absolute Gasteiger partial charge is 0.242 e. The summed E-state index contributed by atoms with van der Waals surface area (Å²) in [4.78, 5) is 23.6. The quantitative estimate of drug-likeness (QED) is 0.687. The Labute approximate surface area is 113 Å². The van der Waals surface area contributed by atoms with Gasteiger partial charge in [0.1, 0.15) is 6.04 Å². The molecule has 5 nitrogen and oxygen atoms in total. The van der Waals surface area contributed by atoms with Gasteiger partial charge in [-0.05, 0) is 44.4 Å². The van der Waals surface area contributed by atoms with Crippen LogP contribution < -0.4 is 16.0 Å². The van der Waals surface area contributed by atoms with E-state index in [1.165, 1.54) is 12.8 Å². The Morgan fingerprint density at radius 3 is 2.63 bits per heavy atom.